The molecule has 0 aromatic carbocycles. The molecular weight excluding hydrogens is 244 g/mol. The van der Waals surface area contributed by atoms with Crippen molar-refractivity contribution in [2.24, 2.45) is 0 Å². The Bertz CT molecular complexity index is 168. The van der Waals surface area contributed by atoms with E-state index in [0.29, 0.717) is 0 Å². The molecule has 0 radical (unpaired) electrons. The number of nitrogens with one attached hydrogen (secondary N) is 1. The van der Waals surface area contributed by atoms with Crippen molar-refractivity contribution in [1.82, 2.24) is 10.2 Å². The molecule has 2 heteroatoms. The van der Waals surface area contributed by atoms with Crippen LogP contribution in [-0.2, 0) is 0 Å². The highest BCUT2D eigenvalue weighted by Crippen LogP contribution is 2.11. The van der Waals surface area contributed by atoms with E-state index in [9.17, 15) is 0 Å². The molecule has 0 aliphatic rings. The Morgan fingerprint density at radius 3 is 1.75 bits per heavy atom. The highest BCUT2D eigenvalue weighted by molar-refractivity contribution is 4.68. The van der Waals surface area contributed by atoms with Gasteiger partial charge in [-0.25, -0.2) is 0 Å². The predicted molar refractivity (Wildman–Crippen MR) is 92.5 cm³/mol. The van der Waals surface area contributed by atoms with Crippen molar-refractivity contribution in [1.29, 1.82) is 0 Å². The zero-order valence-electron chi connectivity index (χ0n) is 14.7. The number of unbranched alkanes of at least 4 members (excludes halogenated alkanes) is 4. The maximum Gasteiger partial charge on any atom is 0.00670 e. The molecule has 0 spiro atoms. The van der Waals surface area contributed by atoms with E-state index in [0.717, 1.165) is 6.04 Å². The Hall–Kier alpha value is -0.0800. The number of hydrogen-bond donors (Lipinski definition) is 1. The lowest BCUT2D eigenvalue weighted by Gasteiger charge is -2.21. The van der Waals surface area contributed by atoms with Crippen molar-refractivity contribution < 1.29 is 0 Å². The highest BCUT2D eigenvalue weighted by Gasteiger charge is 2.07. The van der Waals surface area contributed by atoms with E-state index < -0.39 is 0 Å². The van der Waals surface area contributed by atoms with Crippen LogP contribution >= 0.6 is 0 Å². The molecule has 0 unspecified atom stereocenters. The third-order valence-electron chi connectivity index (χ3n) is 4.29. The van der Waals surface area contributed by atoms with Crippen molar-refractivity contribution >= 4 is 0 Å². The minimum Gasteiger partial charge on any atom is -0.314 e. The van der Waals surface area contributed by atoms with Crippen LogP contribution in [0.5, 0.6) is 0 Å². The molecule has 0 saturated heterocycles. The quantitative estimate of drug-likeness (QED) is 0.433. The zero-order chi connectivity index (χ0) is 15.1. The van der Waals surface area contributed by atoms with Crippen LogP contribution in [0.1, 0.15) is 85.5 Å². The van der Waals surface area contributed by atoms with Gasteiger partial charge in [0.25, 0.3) is 0 Å². The second-order valence-corrected chi connectivity index (χ2v) is 6.02. The van der Waals surface area contributed by atoms with Crippen molar-refractivity contribution in [3.8, 4) is 0 Å². The van der Waals surface area contributed by atoms with Crippen LogP contribution < -0.4 is 5.32 Å². The van der Waals surface area contributed by atoms with E-state index in [4.69, 9.17) is 0 Å². The zero-order valence-corrected chi connectivity index (χ0v) is 14.7. The van der Waals surface area contributed by atoms with Gasteiger partial charge in [-0.1, -0.05) is 66.2 Å². The summed E-state index contributed by atoms with van der Waals surface area (Å²) in [6.07, 6.45) is 12.3. The van der Waals surface area contributed by atoms with E-state index in [-0.39, 0.29) is 0 Å². The van der Waals surface area contributed by atoms with Crippen LogP contribution in [0.25, 0.3) is 0 Å². The van der Waals surface area contributed by atoms with Gasteiger partial charge in [-0.05, 0) is 45.4 Å². The van der Waals surface area contributed by atoms with Crippen LogP contribution in [0.4, 0.5) is 0 Å². The summed E-state index contributed by atoms with van der Waals surface area (Å²) in [6, 6.07) is 0.768. The van der Waals surface area contributed by atoms with E-state index in [2.05, 4.69) is 37.9 Å². The van der Waals surface area contributed by atoms with Gasteiger partial charge in [0, 0.05) is 6.04 Å². The maximum absolute atomic E-state index is 3.81. The van der Waals surface area contributed by atoms with E-state index in [1.54, 1.807) is 0 Å². The summed E-state index contributed by atoms with van der Waals surface area (Å²) in [5, 5.41) is 3.81. The first-order valence-corrected chi connectivity index (χ1v) is 9.24. The third kappa shape index (κ3) is 11.7. The Labute approximate surface area is 128 Å². The van der Waals surface area contributed by atoms with Crippen LogP contribution in [0.3, 0.4) is 0 Å². The first kappa shape index (κ1) is 19.9. The first-order chi connectivity index (χ1) is 9.78. The summed E-state index contributed by atoms with van der Waals surface area (Å²) in [4.78, 5) is 2.52. The SMILES string of the molecule is CCCCCC(CCCCC)NCCCN(CC)CC. The summed E-state index contributed by atoms with van der Waals surface area (Å²) < 4.78 is 0. The molecule has 0 atom stereocenters. The fourth-order valence-electron chi connectivity index (χ4n) is 2.78. The van der Waals surface area contributed by atoms with Crippen LogP contribution in [0, 0.1) is 0 Å². The van der Waals surface area contributed by atoms with Gasteiger partial charge in [0.2, 0.25) is 0 Å². The lowest BCUT2D eigenvalue weighted by molar-refractivity contribution is 0.293. The van der Waals surface area contributed by atoms with E-state index in [1.807, 2.05) is 0 Å². The van der Waals surface area contributed by atoms with Gasteiger partial charge in [0.1, 0.15) is 0 Å². The maximum atomic E-state index is 3.81. The monoisotopic (exact) mass is 284 g/mol. The van der Waals surface area contributed by atoms with Gasteiger partial charge >= 0.3 is 0 Å². The summed E-state index contributed by atoms with van der Waals surface area (Å²) >= 11 is 0. The molecule has 0 aliphatic heterocycles. The number of nitrogens with zero attached hydrogens (tertiary/aromatic N) is 1. The smallest absolute Gasteiger partial charge is 0.00670 e. The minimum atomic E-state index is 0.768. The van der Waals surface area contributed by atoms with Crippen molar-refractivity contribution in [3.63, 3.8) is 0 Å². The molecule has 0 fully saturated rings. The lowest BCUT2D eigenvalue weighted by Crippen LogP contribution is -2.33. The molecule has 0 rings (SSSR count). The van der Waals surface area contributed by atoms with Gasteiger partial charge in [-0.2, -0.15) is 0 Å². The molecule has 0 aliphatic carbocycles. The molecule has 0 bridgehead atoms. The Kier molecular flexibility index (Phi) is 15.3. The van der Waals surface area contributed by atoms with Crippen LogP contribution in [0.2, 0.25) is 0 Å². The normalized spacial score (nSPS) is 11.7. The van der Waals surface area contributed by atoms with Crippen LogP contribution in [0.15, 0.2) is 0 Å². The van der Waals surface area contributed by atoms with E-state index >= 15 is 0 Å². The topological polar surface area (TPSA) is 15.3 Å². The molecule has 2 nitrogen and oxygen atoms in total. The fraction of sp³-hybridized carbons (Fsp3) is 1.00. The molecule has 122 valence electrons. The van der Waals surface area contributed by atoms with Crippen molar-refractivity contribution in [2.45, 2.75) is 91.5 Å². The van der Waals surface area contributed by atoms with Gasteiger partial charge in [-0.15, -0.1) is 0 Å². The summed E-state index contributed by atoms with van der Waals surface area (Å²) in [5.74, 6) is 0. The van der Waals surface area contributed by atoms with Gasteiger partial charge in [0.05, 0.1) is 0 Å². The third-order valence-corrected chi connectivity index (χ3v) is 4.29. The molecule has 0 saturated carbocycles. The standard InChI is InChI=1S/C18H40N2/c1-5-9-11-14-18(15-12-10-6-2)19-16-13-17-20(7-3)8-4/h18-19H,5-17H2,1-4H3. The summed E-state index contributed by atoms with van der Waals surface area (Å²) in [6.45, 7) is 13.9. The molecule has 0 heterocycles. The highest BCUT2D eigenvalue weighted by atomic mass is 15.1. The van der Waals surface area contributed by atoms with Gasteiger partial charge in [0.15, 0.2) is 0 Å². The molecular formula is C18H40N2. The van der Waals surface area contributed by atoms with Gasteiger partial charge < -0.3 is 10.2 Å². The number of hydrogen-bond acceptors (Lipinski definition) is 2. The second kappa shape index (κ2) is 15.3. The average molecular weight is 285 g/mol. The van der Waals surface area contributed by atoms with E-state index in [1.165, 1.54) is 84.0 Å². The van der Waals surface area contributed by atoms with Crippen LogP contribution in [-0.4, -0.2) is 37.1 Å². The Morgan fingerprint density at radius 1 is 0.750 bits per heavy atom. The fourth-order valence-corrected chi connectivity index (χ4v) is 2.78. The second-order valence-electron chi connectivity index (χ2n) is 6.02. The van der Waals surface area contributed by atoms with Crippen molar-refractivity contribution in [2.75, 3.05) is 26.2 Å². The Balaban J connectivity index is 3.76. The first-order valence-electron chi connectivity index (χ1n) is 9.24. The number of rotatable bonds is 15. The minimum absolute atomic E-state index is 0.768. The average Bonchev–Trinajstić information content (AvgIpc) is 2.47. The summed E-state index contributed by atoms with van der Waals surface area (Å²) in [5.41, 5.74) is 0. The van der Waals surface area contributed by atoms with Gasteiger partial charge in [-0.3, -0.25) is 0 Å². The lowest BCUT2D eigenvalue weighted by atomic mass is 10.0. The largest absolute Gasteiger partial charge is 0.314 e. The molecule has 1 N–H and O–H groups in total. The molecule has 0 aromatic heterocycles. The molecule has 0 aromatic rings. The molecule has 20 heavy (non-hydrogen) atoms. The molecule has 0 amide bonds. The Morgan fingerprint density at radius 2 is 1.30 bits per heavy atom. The predicted octanol–water partition coefficient (Wildman–Crippen LogP) is 4.84. The summed E-state index contributed by atoms with van der Waals surface area (Å²) in [7, 11) is 0. The van der Waals surface area contributed by atoms with Crippen molar-refractivity contribution in [3.05, 3.63) is 0 Å².